The molecule has 3 nitrogen and oxygen atoms in total. The average molecular weight is 321 g/mol. The van der Waals surface area contributed by atoms with Crippen molar-refractivity contribution in [3.05, 3.63) is 20.2 Å². The molecule has 2 N–H and O–H groups in total. The summed E-state index contributed by atoms with van der Waals surface area (Å²) in [5.41, 5.74) is 0. The van der Waals surface area contributed by atoms with Crippen molar-refractivity contribution in [3.63, 3.8) is 0 Å². The molecule has 1 heterocycles. The zero-order chi connectivity index (χ0) is 8.49. The van der Waals surface area contributed by atoms with Gasteiger partial charge in [0.25, 0.3) is 0 Å². The van der Waals surface area contributed by atoms with Crippen molar-refractivity contribution in [2.75, 3.05) is 39.3 Å². The third-order valence-electron chi connectivity index (χ3n) is 2.05. The van der Waals surface area contributed by atoms with Crippen LogP contribution in [0.15, 0.2) is 0 Å². The largest absolute Gasteiger partial charge is 3.00 e. The molecule has 0 saturated carbocycles. The van der Waals surface area contributed by atoms with Gasteiger partial charge in [-0.05, 0) is 32.6 Å². The molecule has 6 heteroatoms. The molecule has 0 atom stereocenters. The molecule has 0 bridgehead atoms. The van der Waals surface area contributed by atoms with Gasteiger partial charge in [0.2, 0.25) is 0 Å². The average Bonchev–Trinajstić information content (AvgIpc) is 2.05. The number of nitrogens with zero attached hydrogens (tertiary/aromatic N) is 1. The molecular weight excluding hydrogens is 293 g/mol. The Morgan fingerprint density at radius 2 is 1.00 bits per heavy atom. The molecule has 17 heavy (non-hydrogen) atoms. The third kappa shape index (κ3) is 22.8. The summed E-state index contributed by atoms with van der Waals surface area (Å²) in [5, 5.41) is 11.2. The Balaban J connectivity index is -0.0000000960. The molecule has 0 unspecified atom stereocenters. The SMILES string of the molecule is C1C[N-]CCCNCCCNC1.Cl.Cl.[CH3-].[CH3-].[Ti+3]. The Bertz CT molecular complexity index is 67.7. The van der Waals surface area contributed by atoms with E-state index in [1.54, 1.807) is 0 Å². The Morgan fingerprint density at radius 1 is 0.647 bits per heavy atom. The van der Waals surface area contributed by atoms with E-state index in [2.05, 4.69) is 16.0 Å². The maximum atomic E-state index is 4.42. The van der Waals surface area contributed by atoms with Crippen LogP contribution < -0.4 is 10.6 Å². The van der Waals surface area contributed by atoms with Crippen molar-refractivity contribution < 1.29 is 21.7 Å². The van der Waals surface area contributed by atoms with Crippen LogP contribution in [0, 0.1) is 14.9 Å². The fraction of sp³-hybridized carbons (Fsp3) is 0.818. The molecule has 0 aromatic carbocycles. The van der Waals surface area contributed by atoms with Crippen molar-refractivity contribution in [2.24, 2.45) is 0 Å². The van der Waals surface area contributed by atoms with Gasteiger partial charge in [-0.1, -0.05) is 12.8 Å². The predicted octanol–water partition coefficient (Wildman–Crippen LogP) is 2.46. The minimum Gasteiger partial charge on any atom is -0.662 e. The van der Waals surface area contributed by atoms with Crippen LogP contribution in [-0.2, 0) is 21.7 Å². The predicted molar refractivity (Wildman–Crippen MR) is 80.0 cm³/mol. The zero-order valence-corrected chi connectivity index (χ0v) is 14.3. The van der Waals surface area contributed by atoms with E-state index in [1.165, 1.54) is 19.3 Å². The number of rotatable bonds is 0. The van der Waals surface area contributed by atoms with Gasteiger partial charge in [-0.2, -0.15) is 0 Å². The van der Waals surface area contributed by atoms with E-state index in [0.717, 1.165) is 39.3 Å². The second-order valence-corrected chi connectivity index (χ2v) is 3.23. The normalized spacial score (nSPS) is 16.9. The first-order valence-corrected chi connectivity index (χ1v) is 5.05. The second kappa shape index (κ2) is 25.9. The summed E-state index contributed by atoms with van der Waals surface area (Å²) in [5.74, 6) is 0. The second-order valence-electron chi connectivity index (χ2n) is 3.23. The van der Waals surface area contributed by atoms with Crippen molar-refractivity contribution in [3.8, 4) is 0 Å². The monoisotopic (exact) mass is 320 g/mol. The van der Waals surface area contributed by atoms with Gasteiger partial charge in [0, 0.05) is 0 Å². The Hall–Kier alpha value is 1.17. The standard InChI is InChI=1S/C9H20N3.2CH3.2ClH.Ti/c1-4-10-6-2-8-12-9-3-7-11-5-1;;;;;/h10-11H,1-9H2;2*1H3;2*1H;/q3*-1;;;+3. The molecule has 1 radical (unpaired) electrons. The zero-order valence-electron chi connectivity index (χ0n) is 11.1. The molecule has 0 aromatic heterocycles. The van der Waals surface area contributed by atoms with E-state index < -0.39 is 0 Å². The van der Waals surface area contributed by atoms with E-state index >= 15 is 0 Å². The summed E-state index contributed by atoms with van der Waals surface area (Å²) in [7, 11) is 0. The number of hydrogen-bond acceptors (Lipinski definition) is 2. The Morgan fingerprint density at radius 3 is 1.41 bits per heavy atom. The molecule has 1 saturated heterocycles. The van der Waals surface area contributed by atoms with E-state index in [4.69, 9.17) is 0 Å². The molecule has 0 aliphatic carbocycles. The van der Waals surface area contributed by atoms with Gasteiger partial charge in [0.05, 0.1) is 0 Å². The Kier molecular flexibility index (Phi) is 47.0. The van der Waals surface area contributed by atoms with Crippen molar-refractivity contribution >= 4 is 24.8 Å². The van der Waals surface area contributed by atoms with Crippen LogP contribution in [0.4, 0.5) is 0 Å². The summed E-state index contributed by atoms with van der Waals surface area (Å²) < 4.78 is 0. The smallest absolute Gasteiger partial charge is 0.662 e. The minimum absolute atomic E-state index is 0. The van der Waals surface area contributed by atoms with Crippen molar-refractivity contribution in [1.29, 1.82) is 0 Å². The molecular formula is C11H28Cl2N3Ti. The molecule has 0 spiro atoms. The van der Waals surface area contributed by atoms with Gasteiger partial charge in [-0.3, -0.25) is 0 Å². The van der Waals surface area contributed by atoms with Gasteiger partial charge < -0.3 is 30.8 Å². The maximum absolute atomic E-state index is 4.42. The fourth-order valence-corrected chi connectivity index (χ4v) is 1.33. The quantitative estimate of drug-likeness (QED) is 0.531. The molecule has 1 fully saturated rings. The van der Waals surface area contributed by atoms with E-state index in [-0.39, 0.29) is 61.4 Å². The molecule has 105 valence electrons. The first-order chi connectivity index (χ1) is 6.00. The Labute approximate surface area is 135 Å². The van der Waals surface area contributed by atoms with Crippen molar-refractivity contribution in [1.82, 2.24) is 10.6 Å². The molecule has 0 amide bonds. The van der Waals surface area contributed by atoms with Gasteiger partial charge in [-0.25, -0.2) is 0 Å². The molecule has 0 aromatic rings. The van der Waals surface area contributed by atoms with Crippen LogP contribution in [0.2, 0.25) is 0 Å². The molecule has 1 aliphatic rings. The van der Waals surface area contributed by atoms with Gasteiger partial charge in [-0.15, -0.1) is 37.9 Å². The number of halogens is 2. The topological polar surface area (TPSA) is 38.2 Å². The van der Waals surface area contributed by atoms with E-state index in [9.17, 15) is 0 Å². The van der Waals surface area contributed by atoms with Crippen LogP contribution in [-0.4, -0.2) is 39.3 Å². The summed E-state index contributed by atoms with van der Waals surface area (Å²) in [6, 6.07) is 0. The van der Waals surface area contributed by atoms with E-state index in [0.29, 0.717) is 0 Å². The number of hydrogen-bond donors (Lipinski definition) is 2. The first-order valence-electron chi connectivity index (χ1n) is 5.05. The maximum Gasteiger partial charge on any atom is 3.00 e. The molecule has 1 aliphatic heterocycles. The third-order valence-corrected chi connectivity index (χ3v) is 2.05. The fourth-order valence-electron chi connectivity index (χ4n) is 1.33. The van der Waals surface area contributed by atoms with Crippen molar-refractivity contribution in [2.45, 2.75) is 19.3 Å². The summed E-state index contributed by atoms with van der Waals surface area (Å²) in [6.45, 7) is 6.62. The van der Waals surface area contributed by atoms with Crippen LogP contribution in [0.5, 0.6) is 0 Å². The van der Waals surface area contributed by atoms with Crippen LogP contribution in [0.25, 0.3) is 5.32 Å². The summed E-state index contributed by atoms with van der Waals surface area (Å²) >= 11 is 0. The number of nitrogens with one attached hydrogen (secondary N) is 2. The summed E-state index contributed by atoms with van der Waals surface area (Å²) in [6.07, 6.45) is 3.65. The van der Waals surface area contributed by atoms with Crippen LogP contribution >= 0.6 is 24.8 Å². The first kappa shape index (κ1) is 30.9. The van der Waals surface area contributed by atoms with Crippen LogP contribution in [0.1, 0.15) is 19.3 Å². The van der Waals surface area contributed by atoms with Gasteiger partial charge in [0.1, 0.15) is 0 Å². The molecule has 1 rings (SSSR count). The van der Waals surface area contributed by atoms with Crippen LogP contribution in [0.3, 0.4) is 0 Å². The van der Waals surface area contributed by atoms with Gasteiger partial charge >= 0.3 is 21.7 Å². The minimum atomic E-state index is 0. The summed E-state index contributed by atoms with van der Waals surface area (Å²) in [4.78, 5) is 0. The van der Waals surface area contributed by atoms with E-state index in [1.807, 2.05) is 0 Å². The van der Waals surface area contributed by atoms with Gasteiger partial charge in [0.15, 0.2) is 0 Å².